The maximum Gasteiger partial charge on any atom is 0.103 e. The molecule has 0 bridgehead atoms. The lowest BCUT2D eigenvalue weighted by atomic mass is 9.84. The summed E-state index contributed by atoms with van der Waals surface area (Å²) >= 11 is 6.07. The Labute approximate surface area is 108 Å². The topological polar surface area (TPSA) is 27.0 Å². The summed E-state index contributed by atoms with van der Waals surface area (Å²) in [6, 6.07) is 7.90. The summed E-state index contributed by atoms with van der Waals surface area (Å²) < 4.78 is 0. The van der Waals surface area contributed by atoms with Gasteiger partial charge in [0, 0.05) is 13.1 Å². The van der Waals surface area contributed by atoms with Gasteiger partial charge in [0.1, 0.15) is 6.07 Å². The SMILES string of the molecule is CC1(C)CCCN(c2cccc(Cl)c2C#N)C1. The van der Waals surface area contributed by atoms with E-state index >= 15 is 0 Å². The molecule has 1 aliphatic heterocycles. The fraction of sp³-hybridized carbons (Fsp3) is 0.500. The Morgan fingerprint density at radius 3 is 2.82 bits per heavy atom. The normalized spacial score (nSPS) is 18.8. The first-order valence-corrected chi connectivity index (χ1v) is 6.35. The summed E-state index contributed by atoms with van der Waals surface area (Å²) in [5.41, 5.74) is 1.90. The number of halogens is 1. The molecule has 0 aromatic heterocycles. The van der Waals surface area contributed by atoms with Crippen molar-refractivity contribution >= 4 is 17.3 Å². The van der Waals surface area contributed by atoms with Gasteiger partial charge in [-0.2, -0.15) is 5.26 Å². The molecule has 0 spiro atoms. The first kappa shape index (κ1) is 12.3. The largest absolute Gasteiger partial charge is 0.370 e. The quantitative estimate of drug-likeness (QED) is 0.755. The lowest BCUT2D eigenvalue weighted by Crippen LogP contribution is -2.40. The molecule has 0 aliphatic carbocycles. The number of benzene rings is 1. The van der Waals surface area contributed by atoms with Gasteiger partial charge in [-0.05, 0) is 30.4 Å². The molecule has 2 rings (SSSR count). The molecular weight excluding hydrogens is 232 g/mol. The third kappa shape index (κ3) is 2.56. The van der Waals surface area contributed by atoms with Gasteiger partial charge >= 0.3 is 0 Å². The van der Waals surface area contributed by atoms with E-state index in [0.717, 1.165) is 18.8 Å². The van der Waals surface area contributed by atoms with Crippen LogP contribution in [0.3, 0.4) is 0 Å². The number of nitrogens with zero attached hydrogens (tertiary/aromatic N) is 2. The van der Waals surface area contributed by atoms with Crippen LogP contribution < -0.4 is 4.90 Å². The molecule has 0 radical (unpaired) electrons. The van der Waals surface area contributed by atoms with Crippen molar-refractivity contribution < 1.29 is 0 Å². The Kier molecular flexibility index (Phi) is 3.31. The van der Waals surface area contributed by atoms with E-state index in [0.29, 0.717) is 16.0 Å². The number of piperidine rings is 1. The highest BCUT2D eigenvalue weighted by Gasteiger charge is 2.27. The lowest BCUT2D eigenvalue weighted by molar-refractivity contribution is 0.293. The molecule has 0 N–H and O–H groups in total. The number of nitriles is 1. The molecule has 1 aromatic carbocycles. The zero-order valence-corrected chi connectivity index (χ0v) is 11.1. The van der Waals surface area contributed by atoms with E-state index in [1.165, 1.54) is 12.8 Å². The molecule has 0 atom stereocenters. The van der Waals surface area contributed by atoms with Crippen LogP contribution >= 0.6 is 11.6 Å². The van der Waals surface area contributed by atoms with Gasteiger partial charge in [0.2, 0.25) is 0 Å². The smallest absolute Gasteiger partial charge is 0.103 e. The van der Waals surface area contributed by atoms with Gasteiger partial charge in [0.15, 0.2) is 0 Å². The Hall–Kier alpha value is -1.20. The highest BCUT2D eigenvalue weighted by atomic mass is 35.5. The van der Waals surface area contributed by atoms with Crippen LogP contribution in [0.1, 0.15) is 32.3 Å². The van der Waals surface area contributed by atoms with Gasteiger partial charge in [0.05, 0.1) is 16.3 Å². The van der Waals surface area contributed by atoms with Crippen LogP contribution in [-0.4, -0.2) is 13.1 Å². The average Bonchev–Trinajstić information content (AvgIpc) is 2.27. The van der Waals surface area contributed by atoms with E-state index in [1.54, 1.807) is 6.07 Å². The lowest BCUT2D eigenvalue weighted by Gasteiger charge is -2.39. The van der Waals surface area contributed by atoms with Crippen molar-refractivity contribution in [3.05, 3.63) is 28.8 Å². The summed E-state index contributed by atoms with van der Waals surface area (Å²) in [5, 5.41) is 9.75. The molecule has 1 heterocycles. The maximum absolute atomic E-state index is 9.20. The summed E-state index contributed by atoms with van der Waals surface area (Å²) in [4.78, 5) is 2.29. The van der Waals surface area contributed by atoms with Crippen molar-refractivity contribution in [3.8, 4) is 6.07 Å². The molecule has 3 heteroatoms. The van der Waals surface area contributed by atoms with Crippen LogP contribution in [0, 0.1) is 16.7 Å². The van der Waals surface area contributed by atoms with Crippen molar-refractivity contribution in [2.45, 2.75) is 26.7 Å². The first-order chi connectivity index (χ1) is 8.03. The number of hydrogen-bond donors (Lipinski definition) is 0. The minimum Gasteiger partial charge on any atom is -0.370 e. The molecule has 1 aromatic rings. The Bertz CT molecular complexity index is 460. The highest BCUT2D eigenvalue weighted by Crippen LogP contribution is 2.34. The maximum atomic E-state index is 9.20. The van der Waals surface area contributed by atoms with Crippen LogP contribution in [0.2, 0.25) is 5.02 Å². The summed E-state index contributed by atoms with van der Waals surface area (Å²) in [6.45, 7) is 6.55. The average molecular weight is 249 g/mol. The molecule has 17 heavy (non-hydrogen) atoms. The number of rotatable bonds is 1. The third-order valence-corrected chi connectivity index (χ3v) is 3.66. The third-order valence-electron chi connectivity index (χ3n) is 3.34. The molecule has 90 valence electrons. The van der Waals surface area contributed by atoms with Crippen LogP contribution in [-0.2, 0) is 0 Å². The van der Waals surface area contributed by atoms with Crippen LogP contribution in [0.4, 0.5) is 5.69 Å². The van der Waals surface area contributed by atoms with Crippen molar-refractivity contribution in [2.24, 2.45) is 5.41 Å². The van der Waals surface area contributed by atoms with Gasteiger partial charge in [-0.15, -0.1) is 0 Å². The second kappa shape index (κ2) is 4.58. The Morgan fingerprint density at radius 1 is 1.41 bits per heavy atom. The van der Waals surface area contributed by atoms with Gasteiger partial charge < -0.3 is 4.90 Å². The van der Waals surface area contributed by atoms with Gasteiger partial charge in [-0.3, -0.25) is 0 Å². The van der Waals surface area contributed by atoms with E-state index in [-0.39, 0.29) is 0 Å². The summed E-state index contributed by atoms with van der Waals surface area (Å²) in [7, 11) is 0. The van der Waals surface area contributed by atoms with E-state index in [4.69, 9.17) is 11.6 Å². The fourth-order valence-corrected chi connectivity index (χ4v) is 2.73. The van der Waals surface area contributed by atoms with Gasteiger partial charge in [-0.25, -0.2) is 0 Å². The predicted molar refractivity (Wildman–Crippen MR) is 71.4 cm³/mol. The van der Waals surface area contributed by atoms with Crippen molar-refractivity contribution in [2.75, 3.05) is 18.0 Å². The van der Waals surface area contributed by atoms with Gasteiger partial charge in [-0.1, -0.05) is 31.5 Å². The summed E-state index contributed by atoms with van der Waals surface area (Å²) in [6.07, 6.45) is 2.41. The van der Waals surface area contributed by atoms with Crippen LogP contribution in [0.15, 0.2) is 18.2 Å². The standard InChI is InChI=1S/C14H17ClN2/c1-14(2)7-4-8-17(10-14)13-6-3-5-12(15)11(13)9-16/h3,5-6H,4,7-8,10H2,1-2H3. The zero-order valence-electron chi connectivity index (χ0n) is 10.3. The number of hydrogen-bond acceptors (Lipinski definition) is 2. The van der Waals surface area contributed by atoms with E-state index < -0.39 is 0 Å². The highest BCUT2D eigenvalue weighted by molar-refractivity contribution is 6.32. The van der Waals surface area contributed by atoms with Crippen molar-refractivity contribution in [1.82, 2.24) is 0 Å². The Morgan fingerprint density at radius 2 is 2.18 bits per heavy atom. The molecule has 0 saturated carbocycles. The fourth-order valence-electron chi connectivity index (χ4n) is 2.52. The second-order valence-corrected chi connectivity index (χ2v) is 5.84. The predicted octanol–water partition coefficient (Wildman–Crippen LogP) is 3.84. The molecule has 0 unspecified atom stereocenters. The zero-order chi connectivity index (χ0) is 12.5. The number of anilines is 1. The van der Waals surface area contributed by atoms with Gasteiger partial charge in [0.25, 0.3) is 0 Å². The Balaban J connectivity index is 2.35. The molecular formula is C14H17ClN2. The van der Waals surface area contributed by atoms with Crippen LogP contribution in [0.25, 0.3) is 0 Å². The monoisotopic (exact) mass is 248 g/mol. The molecule has 0 amide bonds. The van der Waals surface area contributed by atoms with E-state index in [9.17, 15) is 5.26 Å². The second-order valence-electron chi connectivity index (χ2n) is 5.44. The first-order valence-electron chi connectivity index (χ1n) is 5.97. The minimum atomic E-state index is 0.313. The minimum absolute atomic E-state index is 0.313. The van der Waals surface area contributed by atoms with E-state index in [1.807, 2.05) is 12.1 Å². The molecule has 1 aliphatic rings. The summed E-state index contributed by atoms with van der Waals surface area (Å²) in [5.74, 6) is 0. The van der Waals surface area contributed by atoms with E-state index in [2.05, 4.69) is 24.8 Å². The molecule has 2 nitrogen and oxygen atoms in total. The molecule has 1 saturated heterocycles. The van der Waals surface area contributed by atoms with Crippen molar-refractivity contribution in [3.63, 3.8) is 0 Å². The van der Waals surface area contributed by atoms with Crippen molar-refractivity contribution in [1.29, 1.82) is 5.26 Å². The van der Waals surface area contributed by atoms with Crippen LogP contribution in [0.5, 0.6) is 0 Å². The molecule has 1 fully saturated rings.